The predicted molar refractivity (Wildman–Crippen MR) is 318 cm³/mol. The molecule has 0 fully saturated rings. The van der Waals surface area contributed by atoms with Crippen molar-refractivity contribution in [2.75, 3.05) is 54.4 Å². The Morgan fingerprint density at radius 1 is 0.269 bits per heavy atom. The molecule has 10 heteroatoms. The van der Waals surface area contributed by atoms with Crippen LogP contribution in [0.25, 0.3) is 0 Å². The Morgan fingerprint density at radius 2 is 0.436 bits per heavy atom. The standard InChI is InChI=1S/2C34H56N2O2.2Zn/c2*1-31(2,3)25-17-23(29(37)27(19-25)33(7,8)9)21-36(16-15-35(13)14)22-24-18-26(32(4,5)6)20-28(30(24)38)34(10,11)12;;/h2*17-20,37-38H,15-16,21-22H2,1-14H3;;/q;;2*+2/p-4. The van der Waals surface area contributed by atoms with Crippen LogP contribution in [0.15, 0.2) is 48.5 Å². The van der Waals surface area contributed by atoms with E-state index in [4.69, 9.17) is 0 Å². The van der Waals surface area contributed by atoms with Crippen molar-refractivity contribution in [1.82, 2.24) is 19.6 Å². The minimum atomic E-state index is -0.244. The second-order valence-corrected chi connectivity index (χ2v) is 31.1. The number of likely N-dealkylation sites (N-methyl/N-ethyl adjacent to an activating group) is 2. The van der Waals surface area contributed by atoms with Crippen molar-refractivity contribution in [2.24, 2.45) is 0 Å². The summed E-state index contributed by atoms with van der Waals surface area (Å²) in [6.07, 6.45) is 0. The van der Waals surface area contributed by atoms with Gasteiger partial charge in [0.15, 0.2) is 0 Å². The topological polar surface area (TPSA) is 105 Å². The third-order valence-corrected chi connectivity index (χ3v) is 14.7. The largest absolute Gasteiger partial charge is 2.00 e. The summed E-state index contributed by atoms with van der Waals surface area (Å²) in [6, 6.07) is 16.8. The maximum Gasteiger partial charge on any atom is 2.00 e. The van der Waals surface area contributed by atoms with Gasteiger partial charge in [-0.2, -0.15) is 0 Å². The van der Waals surface area contributed by atoms with Crippen LogP contribution in [0.3, 0.4) is 0 Å². The van der Waals surface area contributed by atoms with Crippen molar-refractivity contribution in [2.45, 2.75) is 236 Å². The van der Waals surface area contributed by atoms with Gasteiger partial charge in [0.2, 0.25) is 0 Å². The molecule has 0 bridgehead atoms. The van der Waals surface area contributed by atoms with Crippen molar-refractivity contribution in [3.63, 3.8) is 0 Å². The molecule has 4 aromatic carbocycles. The molecule has 0 aromatic heterocycles. The Hall–Kier alpha value is -2.83. The third-order valence-electron chi connectivity index (χ3n) is 14.7. The van der Waals surface area contributed by atoms with Crippen LogP contribution in [0.2, 0.25) is 0 Å². The van der Waals surface area contributed by atoms with E-state index in [0.29, 0.717) is 26.2 Å². The molecule has 0 aliphatic carbocycles. The average Bonchev–Trinajstić information content (AvgIpc) is 3.21. The minimum Gasteiger partial charge on any atom is -0.872 e. The smallest absolute Gasteiger partial charge is 0.872 e. The van der Waals surface area contributed by atoms with Gasteiger partial charge < -0.3 is 30.2 Å². The first kappa shape index (κ1) is 73.2. The van der Waals surface area contributed by atoms with Crippen molar-refractivity contribution >= 4 is 0 Å². The van der Waals surface area contributed by atoms with E-state index in [1.807, 2.05) is 0 Å². The number of hydrogen-bond donors (Lipinski definition) is 0. The molecule has 0 spiro atoms. The minimum absolute atomic E-state index is 0. The molecule has 0 amide bonds. The molecular formula is C68H108N4O4Zn2. The summed E-state index contributed by atoms with van der Waals surface area (Å²) in [5, 5.41) is 55.0. The molecule has 78 heavy (non-hydrogen) atoms. The summed E-state index contributed by atoms with van der Waals surface area (Å²) in [5.41, 5.74) is 10.2. The molecule has 0 saturated heterocycles. The van der Waals surface area contributed by atoms with Gasteiger partial charge in [-0.05, 0) is 138 Å². The first-order valence-electron chi connectivity index (χ1n) is 28.2. The van der Waals surface area contributed by atoms with Crippen LogP contribution in [-0.2, 0) is 108 Å². The summed E-state index contributed by atoms with van der Waals surface area (Å²) >= 11 is 0. The number of rotatable bonds is 14. The molecule has 0 N–H and O–H groups in total. The summed E-state index contributed by atoms with van der Waals surface area (Å²) in [7, 11) is 8.25. The Labute approximate surface area is 504 Å². The third kappa shape index (κ3) is 20.9. The van der Waals surface area contributed by atoms with Crippen LogP contribution in [0.4, 0.5) is 0 Å². The Morgan fingerprint density at radius 3 is 0.564 bits per heavy atom. The maximum atomic E-state index is 13.8. The van der Waals surface area contributed by atoms with Crippen LogP contribution in [0, 0.1) is 0 Å². The Bertz CT molecular complexity index is 2230. The van der Waals surface area contributed by atoms with Gasteiger partial charge in [-0.15, -0.1) is 23.0 Å². The van der Waals surface area contributed by atoms with E-state index >= 15 is 0 Å². The fourth-order valence-electron chi connectivity index (χ4n) is 9.26. The molecule has 0 saturated carbocycles. The normalized spacial score (nSPS) is 13.2. The molecule has 0 aliphatic heterocycles. The molecule has 4 rings (SSSR count). The van der Waals surface area contributed by atoms with Crippen LogP contribution in [-0.4, -0.2) is 74.0 Å². The van der Waals surface area contributed by atoms with E-state index in [1.165, 1.54) is 22.3 Å². The molecule has 8 nitrogen and oxygen atoms in total. The fourth-order valence-corrected chi connectivity index (χ4v) is 9.26. The van der Waals surface area contributed by atoms with E-state index in [1.54, 1.807) is 0 Å². The van der Waals surface area contributed by atoms with Gasteiger partial charge in [0, 0.05) is 52.4 Å². The zero-order valence-electron chi connectivity index (χ0n) is 55.1. The Balaban J connectivity index is 0.000000760. The van der Waals surface area contributed by atoms with E-state index in [-0.39, 0.29) is 105 Å². The van der Waals surface area contributed by atoms with E-state index in [2.05, 4.69) is 262 Å². The van der Waals surface area contributed by atoms with Gasteiger partial charge >= 0.3 is 39.0 Å². The van der Waals surface area contributed by atoms with Crippen LogP contribution in [0.1, 0.15) is 233 Å². The molecule has 0 unspecified atom stereocenters. The molecular weight excluding hydrogens is 1070 g/mol. The molecule has 0 atom stereocenters. The predicted octanol–water partition coefficient (Wildman–Crippen LogP) is 13.2. The zero-order valence-corrected chi connectivity index (χ0v) is 61.0. The van der Waals surface area contributed by atoms with Crippen LogP contribution >= 0.6 is 0 Å². The molecule has 0 aliphatic rings. The molecule has 0 heterocycles. The number of nitrogens with zero attached hydrogens (tertiary/aromatic N) is 4. The zero-order chi connectivity index (χ0) is 58.9. The van der Waals surface area contributed by atoms with Gasteiger partial charge in [0.1, 0.15) is 0 Å². The molecule has 428 valence electrons. The van der Waals surface area contributed by atoms with Gasteiger partial charge in [0.25, 0.3) is 0 Å². The molecule has 4 aromatic rings. The summed E-state index contributed by atoms with van der Waals surface area (Å²) in [4.78, 5) is 8.87. The van der Waals surface area contributed by atoms with Crippen LogP contribution < -0.4 is 20.4 Å². The maximum absolute atomic E-state index is 13.8. The van der Waals surface area contributed by atoms with Gasteiger partial charge in [-0.3, -0.25) is 9.80 Å². The summed E-state index contributed by atoms with van der Waals surface area (Å²) in [5.74, 6) is 0.506. The van der Waals surface area contributed by atoms with E-state index in [0.717, 1.165) is 70.7 Å². The first-order valence-corrected chi connectivity index (χ1v) is 28.2. The summed E-state index contributed by atoms with van der Waals surface area (Å²) < 4.78 is 0. The second kappa shape index (κ2) is 27.0. The monoisotopic (exact) mass is 1170 g/mol. The summed E-state index contributed by atoms with van der Waals surface area (Å²) in [6.45, 7) is 57.0. The number of benzene rings is 4. The van der Waals surface area contributed by atoms with Crippen molar-refractivity contribution in [3.8, 4) is 23.0 Å². The van der Waals surface area contributed by atoms with Gasteiger partial charge in [0.05, 0.1) is 0 Å². The number of hydrogen-bond acceptors (Lipinski definition) is 8. The average molecular weight is 1180 g/mol. The quantitative estimate of drug-likeness (QED) is 0.115. The van der Waals surface area contributed by atoms with E-state index < -0.39 is 0 Å². The first-order chi connectivity index (χ1) is 34.0. The second-order valence-electron chi connectivity index (χ2n) is 31.1. The van der Waals surface area contributed by atoms with Crippen LogP contribution in [0.5, 0.6) is 23.0 Å². The van der Waals surface area contributed by atoms with Crippen molar-refractivity contribution in [3.05, 3.63) is 115 Å². The van der Waals surface area contributed by atoms with Gasteiger partial charge in [-0.1, -0.05) is 215 Å². The Kier molecular flexibility index (Phi) is 25.4. The fraction of sp³-hybridized carbons (Fsp3) is 0.647. The van der Waals surface area contributed by atoms with Gasteiger partial charge in [-0.25, -0.2) is 0 Å². The van der Waals surface area contributed by atoms with Crippen molar-refractivity contribution < 1.29 is 59.4 Å². The molecule has 0 radical (unpaired) electrons. The van der Waals surface area contributed by atoms with E-state index in [9.17, 15) is 20.4 Å². The SMILES string of the molecule is CN(C)CCN(Cc1cc(C(C)(C)C)cc(C(C)(C)C)c1[O-])Cc1cc(C(C)(C)C)cc(C(C)(C)C)c1[O-].CN(C)CCN(Cc1cc(C(C)(C)C)cc(C(C)(C)C)c1[O-])Cc1cc(C(C)(C)C)cc(C(C)(C)C)c1[O-].[Zn+2].[Zn+2]. The van der Waals surface area contributed by atoms with Crippen molar-refractivity contribution in [1.29, 1.82) is 0 Å².